The van der Waals surface area contributed by atoms with Gasteiger partial charge < -0.3 is 20.6 Å². The first-order valence-electron chi connectivity index (χ1n) is 5.99. The fraction of sp³-hybridized carbons (Fsp3) is 0.818. The third kappa shape index (κ3) is 9.62. The van der Waals surface area contributed by atoms with Crippen LogP contribution in [-0.2, 0) is 4.79 Å². The second-order valence-electron chi connectivity index (χ2n) is 3.86. The van der Waals surface area contributed by atoms with Gasteiger partial charge in [0.25, 0.3) is 0 Å². The first-order chi connectivity index (χ1) is 8.07. The standard InChI is InChI=1S/C11H23N3O3/c1-3-12-7-5-8-13-11(17)14(2)9-4-6-10(15)16/h12H,3-9H2,1-2H3,(H,13,17)(H,15,16). The highest BCUT2D eigenvalue weighted by Crippen LogP contribution is 1.93. The Morgan fingerprint density at radius 2 is 1.94 bits per heavy atom. The SMILES string of the molecule is CCNCCCNC(=O)N(C)CCCC(=O)O. The molecule has 0 spiro atoms. The Kier molecular flexibility index (Phi) is 9.14. The topological polar surface area (TPSA) is 81.7 Å². The van der Waals surface area contributed by atoms with Crippen LogP contribution in [0.4, 0.5) is 4.79 Å². The Labute approximate surface area is 102 Å². The summed E-state index contributed by atoms with van der Waals surface area (Å²) >= 11 is 0. The molecule has 6 heteroatoms. The molecule has 100 valence electrons. The molecule has 0 radical (unpaired) electrons. The highest BCUT2D eigenvalue weighted by molar-refractivity contribution is 5.73. The largest absolute Gasteiger partial charge is 0.481 e. The summed E-state index contributed by atoms with van der Waals surface area (Å²) in [6.45, 7) is 4.96. The molecule has 0 saturated carbocycles. The molecule has 0 aliphatic rings. The van der Waals surface area contributed by atoms with Crippen LogP contribution in [0.25, 0.3) is 0 Å². The van der Waals surface area contributed by atoms with Crippen LogP contribution < -0.4 is 10.6 Å². The van der Waals surface area contributed by atoms with Crippen molar-refractivity contribution in [2.75, 3.05) is 33.2 Å². The van der Waals surface area contributed by atoms with Gasteiger partial charge in [0.15, 0.2) is 0 Å². The van der Waals surface area contributed by atoms with Crippen molar-refractivity contribution in [3.05, 3.63) is 0 Å². The van der Waals surface area contributed by atoms with Crippen LogP contribution >= 0.6 is 0 Å². The van der Waals surface area contributed by atoms with Gasteiger partial charge in [0, 0.05) is 26.6 Å². The maximum Gasteiger partial charge on any atom is 0.317 e. The Balaban J connectivity index is 3.50. The highest BCUT2D eigenvalue weighted by atomic mass is 16.4. The third-order valence-corrected chi connectivity index (χ3v) is 2.29. The van der Waals surface area contributed by atoms with Gasteiger partial charge in [-0.15, -0.1) is 0 Å². The van der Waals surface area contributed by atoms with Gasteiger partial charge in [-0.25, -0.2) is 4.79 Å². The third-order valence-electron chi connectivity index (χ3n) is 2.29. The molecule has 0 saturated heterocycles. The van der Waals surface area contributed by atoms with E-state index in [9.17, 15) is 9.59 Å². The summed E-state index contributed by atoms with van der Waals surface area (Å²) in [7, 11) is 1.67. The number of nitrogens with zero attached hydrogens (tertiary/aromatic N) is 1. The summed E-state index contributed by atoms with van der Waals surface area (Å²) in [5, 5.41) is 14.4. The number of urea groups is 1. The van der Waals surface area contributed by atoms with Crippen molar-refractivity contribution in [1.29, 1.82) is 0 Å². The van der Waals surface area contributed by atoms with E-state index in [1.165, 1.54) is 4.90 Å². The number of nitrogens with one attached hydrogen (secondary N) is 2. The van der Waals surface area contributed by atoms with Crippen LogP contribution in [0, 0.1) is 0 Å². The summed E-state index contributed by atoms with van der Waals surface area (Å²) in [4.78, 5) is 23.3. The lowest BCUT2D eigenvalue weighted by Gasteiger charge is -2.17. The lowest BCUT2D eigenvalue weighted by Crippen LogP contribution is -2.39. The van der Waals surface area contributed by atoms with Crippen LogP contribution in [0.5, 0.6) is 0 Å². The number of aliphatic carboxylic acids is 1. The van der Waals surface area contributed by atoms with Crippen molar-refractivity contribution < 1.29 is 14.7 Å². The molecule has 17 heavy (non-hydrogen) atoms. The Bertz CT molecular complexity index is 234. The maximum absolute atomic E-state index is 11.5. The summed E-state index contributed by atoms with van der Waals surface area (Å²) in [6.07, 6.45) is 1.47. The minimum Gasteiger partial charge on any atom is -0.481 e. The van der Waals surface area contributed by atoms with E-state index in [4.69, 9.17) is 5.11 Å². The molecular formula is C11H23N3O3. The highest BCUT2D eigenvalue weighted by Gasteiger charge is 2.07. The zero-order valence-electron chi connectivity index (χ0n) is 10.7. The maximum atomic E-state index is 11.5. The average molecular weight is 245 g/mol. The summed E-state index contributed by atoms with van der Waals surface area (Å²) < 4.78 is 0. The van der Waals surface area contributed by atoms with Gasteiger partial charge in [0.05, 0.1) is 0 Å². The first-order valence-corrected chi connectivity index (χ1v) is 5.99. The zero-order valence-corrected chi connectivity index (χ0v) is 10.7. The number of hydrogen-bond donors (Lipinski definition) is 3. The van der Waals surface area contributed by atoms with E-state index in [-0.39, 0.29) is 12.5 Å². The van der Waals surface area contributed by atoms with Gasteiger partial charge >= 0.3 is 12.0 Å². The van der Waals surface area contributed by atoms with Crippen molar-refractivity contribution in [3.63, 3.8) is 0 Å². The summed E-state index contributed by atoms with van der Waals surface area (Å²) in [5.74, 6) is -0.829. The molecule has 6 nitrogen and oxygen atoms in total. The van der Waals surface area contributed by atoms with Crippen LogP contribution in [0.15, 0.2) is 0 Å². The first kappa shape index (κ1) is 15.7. The second kappa shape index (κ2) is 9.89. The van der Waals surface area contributed by atoms with E-state index in [1.54, 1.807) is 7.05 Å². The molecule has 0 aliphatic heterocycles. The van der Waals surface area contributed by atoms with E-state index in [0.29, 0.717) is 19.5 Å². The number of hydrogen-bond acceptors (Lipinski definition) is 3. The van der Waals surface area contributed by atoms with Crippen LogP contribution in [0.1, 0.15) is 26.2 Å². The predicted molar refractivity (Wildman–Crippen MR) is 66.1 cm³/mol. The molecule has 0 aromatic carbocycles. The zero-order chi connectivity index (χ0) is 13.1. The molecule has 0 atom stereocenters. The van der Waals surface area contributed by atoms with Crippen LogP contribution in [0.2, 0.25) is 0 Å². The summed E-state index contributed by atoms with van der Waals surface area (Å²) in [6, 6.07) is -0.146. The molecule has 2 amide bonds. The van der Waals surface area contributed by atoms with Crippen molar-refractivity contribution >= 4 is 12.0 Å². The van der Waals surface area contributed by atoms with E-state index in [1.807, 2.05) is 6.92 Å². The monoisotopic (exact) mass is 245 g/mol. The Morgan fingerprint density at radius 3 is 2.53 bits per heavy atom. The minimum atomic E-state index is -0.829. The number of carboxylic acids is 1. The smallest absolute Gasteiger partial charge is 0.317 e. The summed E-state index contributed by atoms with van der Waals surface area (Å²) in [5.41, 5.74) is 0. The second-order valence-corrected chi connectivity index (χ2v) is 3.86. The fourth-order valence-electron chi connectivity index (χ4n) is 1.29. The van der Waals surface area contributed by atoms with Gasteiger partial charge in [-0.2, -0.15) is 0 Å². The average Bonchev–Trinajstić information content (AvgIpc) is 2.27. The van der Waals surface area contributed by atoms with Crippen molar-refractivity contribution in [2.45, 2.75) is 26.2 Å². The van der Waals surface area contributed by atoms with Gasteiger partial charge in [0.2, 0.25) is 0 Å². The van der Waals surface area contributed by atoms with Crippen molar-refractivity contribution in [3.8, 4) is 0 Å². The fourth-order valence-corrected chi connectivity index (χ4v) is 1.29. The van der Waals surface area contributed by atoms with Crippen LogP contribution in [0.3, 0.4) is 0 Å². The number of carboxylic acid groups (broad SMARTS) is 1. The molecule has 0 fully saturated rings. The van der Waals surface area contributed by atoms with Gasteiger partial charge in [-0.3, -0.25) is 4.79 Å². The van der Waals surface area contributed by atoms with Gasteiger partial charge in [0.1, 0.15) is 0 Å². The molecular weight excluding hydrogens is 222 g/mol. The van der Waals surface area contributed by atoms with E-state index < -0.39 is 5.97 Å². The lowest BCUT2D eigenvalue weighted by atomic mass is 10.3. The van der Waals surface area contributed by atoms with Crippen molar-refractivity contribution in [1.82, 2.24) is 15.5 Å². The Morgan fingerprint density at radius 1 is 1.24 bits per heavy atom. The lowest BCUT2D eigenvalue weighted by molar-refractivity contribution is -0.137. The van der Waals surface area contributed by atoms with Gasteiger partial charge in [-0.1, -0.05) is 6.92 Å². The Hall–Kier alpha value is -1.30. The number of carbonyl (C=O) groups is 2. The minimum absolute atomic E-state index is 0.0953. The number of amides is 2. The van der Waals surface area contributed by atoms with E-state index in [0.717, 1.165) is 19.5 Å². The molecule has 0 aromatic heterocycles. The molecule has 0 aromatic rings. The normalized spacial score (nSPS) is 10.0. The quantitative estimate of drug-likeness (QED) is 0.516. The molecule has 0 rings (SSSR count). The van der Waals surface area contributed by atoms with Crippen molar-refractivity contribution in [2.24, 2.45) is 0 Å². The molecule has 3 N–H and O–H groups in total. The van der Waals surface area contributed by atoms with Crippen LogP contribution in [-0.4, -0.2) is 55.2 Å². The number of carbonyl (C=O) groups excluding carboxylic acids is 1. The van der Waals surface area contributed by atoms with Gasteiger partial charge in [-0.05, 0) is 25.9 Å². The molecule has 0 bridgehead atoms. The molecule has 0 heterocycles. The predicted octanol–water partition coefficient (Wildman–Crippen LogP) is 0.492. The number of rotatable bonds is 9. The molecule has 0 aliphatic carbocycles. The molecule has 0 unspecified atom stereocenters. The van der Waals surface area contributed by atoms with E-state index in [2.05, 4.69) is 10.6 Å². The van der Waals surface area contributed by atoms with E-state index >= 15 is 0 Å².